The maximum atomic E-state index is 13.4. The fourth-order valence-electron chi connectivity index (χ4n) is 4.76. The summed E-state index contributed by atoms with van der Waals surface area (Å²) < 4.78 is 35.9. The summed E-state index contributed by atoms with van der Waals surface area (Å²) in [5, 5.41) is 0.130. The van der Waals surface area contributed by atoms with Gasteiger partial charge in [0.2, 0.25) is 5.88 Å². The minimum Gasteiger partial charge on any atom is -0.496 e. The molecule has 2 N–H and O–H groups in total. The molecule has 0 bridgehead atoms. The molecule has 0 spiro atoms. The molecule has 2 aromatic carbocycles. The lowest BCUT2D eigenvalue weighted by molar-refractivity contribution is -0.139. The number of allylic oxidation sites excluding steroid dienone is 2. The molecule has 1 heterocycles. The maximum Gasteiger partial charge on any atom is 0.340 e. The second-order valence-corrected chi connectivity index (χ2v) is 10.2. The zero-order valence-electron chi connectivity index (χ0n) is 21.2. The highest BCUT2D eigenvalue weighted by Gasteiger charge is 2.45. The monoisotopic (exact) mass is 529 g/mol. The molecule has 0 aromatic heterocycles. The summed E-state index contributed by atoms with van der Waals surface area (Å²) >= 11 is 6.11. The van der Waals surface area contributed by atoms with Crippen LogP contribution in [0.3, 0.4) is 0 Å². The first kappa shape index (κ1) is 26.5. The fourth-order valence-corrected chi connectivity index (χ4v) is 4.99. The number of nitrogens with two attached hydrogens (primary N) is 1. The first-order valence-electron chi connectivity index (χ1n) is 11.9. The molecule has 0 saturated heterocycles. The number of esters is 1. The number of methoxy groups -OCH3 is 1. The van der Waals surface area contributed by atoms with Crippen LogP contribution in [0.2, 0.25) is 5.02 Å². The molecule has 4 rings (SSSR count). The molecule has 0 radical (unpaired) electrons. The first-order chi connectivity index (χ1) is 17.5. The van der Waals surface area contributed by atoms with E-state index in [0.29, 0.717) is 46.8 Å². The number of carbonyl (C=O) groups excluding carboxylic acids is 2. The van der Waals surface area contributed by atoms with Gasteiger partial charge in [-0.05, 0) is 48.2 Å². The van der Waals surface area contributed by atoms with Crippen molar-refractivity contribution in [2.45, 2.75) is 46.1 Å². The summed E-state index contributed by atoms with van der Waals surface area (Å²) in [6.45, 7) is 5.83. The number of halogens is 2. The highest BCUT2D eigenvalue weighted by atomic mass is 35.5. The average molecular weight is 530 g/mol. The predicted molar refractivity (Wildman–Crippen MR) is 135 cm³/mol. The van der Waals surface area contributed by atoms with Crippen LogP contribution in [-0.4, -0.2) is 25.5 Å². The van der Waals surface area contributed by atoms with Gasteiger partial charge in [-0.15, -0.1) is 0 Å². The zero-order valence-corrected chi connectivity index (χ0v) is 21.9. The lowest BCUT2D eigenvalue weighted by Crippen LogP contribution is -2.35. The van der Waals surface area contributed by atoms with Crippen LogP contribution < -0.4 is 15.2 Å². The number of ketones is 1. The smallest absolute Gasteiger partial charge is 0.340 e. The molecule has 1 aliphatic carbocycles. The van der Waals surface area contributed by atoms with Crippen molar-refractivity contribution in [3.63, 3.8) is 0 Å². The van der Waals surface area contributed by atoms with Crippen molar-refractivity contribution in [1.82, 2.24) is 0 Å². The van der Waals surface area contributed by atoms with Crippen LogP contribution in [0.5, 0.6) is 11.5 Å². The Hall–Kier alpha value is -3.52. The molecule has 7 nitrogen and oxygen atoms in total. The minimum atomic E-state index is -0.787. The number of carbonyl (C=O) groups is 2. The highest BCUT2D eigenvalue weighted by molar-refractivity contribution is 6.32. The molecule has 9 heteroatoms. The first-order valence-corrected chi connectivity index (χ1v) is 12.3. The van der Waals surface area contributed by atoms with Gasteiger partial charge in [-0.3, -0.25) is 4.79 Å². The van der Waals surface area contributed by atoms with Crippen molar-refractivity contribution >= 4 is 23.4 Å². The summed E-state index contributed by atoms with van der Waals surface area (Å²) in [7, 11) is 1.52. The average Bonchev–Trinajstić information content (AvgIpc) is 2.81. The van der Waals surface area contributed by atoms with E-state index in [9.17, 15) is 14.0 Å². The topological polar surface area (TPSA) is 97.1 Å². The van der Waals surface area contributed by atoms with Gasteiger partial charge in [0, 0.05) is 24.0 Å². The van der Waals surface area contributed by atoms with Gasteiger partial charge < -0.3 is 24.7 Å². The highest BCUT2D eigenvalue weighted by Crippen LogP contribution is 2.48. The Labute approximate surface area is 220 Å². The van der Waals surface area contributed by atoms with Crippen molar-refractivity contribution in [2.75, 3.05) is 13.7 Å². The number of Topliss-reactive ketones (excluding diaryl/α,β-unsaturated/α-hetero) is 1. The van der Waals surface area contributed by atoms with Crippen molar-refractivity contribution in [3.05, 3.63) is 81.2 Å². The standard InChI is InChI=1S/C28H29ClFNO6/c1-5-35-27(33)25-23(24-19(32)12-28(2,3)13-22(24)37-26(25)31)15-6-8-20(34-4)16(10-15)14-36-21-9-7-17(30)11-18(21)29/h6-11,23H,5,12-14,31H2,1-4H3/t23-/m0/s1. The van der Waals surface area contributed by atoms with E-state index < -0.39 is 17.7 Å². The number of hydrogen-bond donors (Lipinski definition) is 1. The van der Waals surface area contributed by atoms with E-state index in [1.54, 1.807) is 25.1 Å². The third-order valence-electron chi connectivity index (χ3n) is 6.37. The van der Waals surface area contributed by atoms with Gasteiger partial charge in [-0.2, -0.15) is 0 Å². The van der Waals surface area contributed by atoms with Crippen LogP contribution in [-0.2, 0) is 25.7 Å². The van der Waals surface area contributed by atoms with Gasteiger partial charge >= 0.3 is 5.97 Å². The van der Waals surface area contributed by atoms with Gasteiger partial charge in [0.1, 0.15) is 35.3 Å². The van der Waals surface area contributed by atoms with E-state index in [1.165, 1.54) is 19.2 Å². The number of hydrogen-bond acceptors (Lipinski definition) is 7. The molecule has 0 saturated carbocycles. The van der Waals surface area contributed by atoms with Crippen LogP contribution in [0, 0.1) is 11.2 Å². The molecule has 1 atom stereocenters. The molecule has 2 aliphatic rings. The quantitative estimate of drug-likeness (QED) is 0.469. The van der Waals surface area contributed by atoms with Gasteiger partial charge in [-0.1, -0.05) is 31.5 Å². The van der Waals surface area contributed by atoms with Crippen LogP contribution in [0.1, 0.15) is 50.7 Å². The number of ether oxygens (including phenoxy) is 4. The molecule has 1 aliphatic heterocycles. The van der Waals surface area contributed by atoms with E-state index in [-0.39, 0.29) is 40.9 Å². The van der Waals surface area contributed by atoms with Crippen molar-refractivity contribution in [3.8, 4) is 11.5 Å². The van der Waals surface area contributed by atoms with Crippen molar-refractivity contribution < 1.29 is 32.9 Å². The SMILES string of the molecule is CCOC(=O)C1=C(N)OC2=C(C(=O)CC(C)(C)C2)[C@@H]1c1ccc(OC)c(COc2ccc(F)cc2Cl)c1. The largest absolute Gasteiger partial charge is 0.496 e. The lowest BCUT2D eigenvalue weighted by Gasteiger charge is -2.38. The Bertz CT molecular complexity index is 1320. The summed E-state index contributed by atoms with van der Waals surface area (Å²) in [4.78, 5) is 26.4. The predicted octanol–water partition coefficient (Wildman–Crippen LogP) is 5.56. The summed E-state index contributed by atoms with van der Waals surface area (Å²) in [5.74, 6) is -0.829. The molecule has 2 aromatic rings. The second-order valence-electron chi connectivity index (χ2n) is 9.75. The van der Waals surface area contributed by atoms with Crippen molar-refractivity contribution in [2.24, 2.45) is 11.1 Å². The lowest BCUT2D eigenvalue weighted by atomic mass is 9.70. The van der Waals surface area contributed by atoms with Crippen LogP contribution >= 0.6 is 11.6 Å². The van der Waals surface area contributed by atoms with Gasteiger partial charge in [0.05, 0.1) is 24.7 Å². The Morgan fingerprint density at radius 2 is 1.92 bits per heavy atom. The normalized spacial score (nSPS) is 18.8. The van der Waals surface area contributed by atoms with Crippen molar-refractivity contribution in [1.29, 1.82) is 0 Å². The van der Waals surface area contributed by atoms with Gasteiger partial charge in [-0.25, -0.2) is 9.18 Å². The van der Waals surface area contributed by atoms with E-state index >= 15 is 0 Å². The van der Waals surface area contributed by atoms with Crippen LogP contribution in [0.15, 0.2) is 59.2 Å². The van der Waals surface area contributed by atoms with Gasteiger partial charge in [0.25, 0.3) is 0 Å². The van der Waals surface area contributed by atoms with E-state index in [0.717, 1.165) is 6.07 Å². The third-order valence-corrected chi connectivity index (χ3v) is 6.66. The Kier molecular flexibility index (Phi) is 7.50. The van der Waals surface area contributed by atoms with Gasteiger partial charge in [0.15, 0.2) is 5.78 Å². The summed E-state index contributed by atoms with van der Waals surface area (Å²) in [5.41, 5.74) is 7.67. The Morgan fingerprint density at radius 1 is 1.19 bits per heavy atom. The fraction of sp³-hybridized carbons (Fsp3) is 0.357. The minimum absolute atomic E-state index is 0.0341. The van der Waals surface area contributed by atoms with Crippen LogP contribution in [0.25, 0.3) is 0 Å². The van der Waals surface area contributed by atoms with E-state index in [2.05, 4.69) is 0 Å². The Morgan fingerprint density at radius 3 is 2.59 bits per heavy atom. The molecular formula is C28H29ClFNO6. The Balaban J connectivity index is 1.79. The third kappa shape index (κ3) is 5.44. The van der Waals surface area contributed by atoms with E-state index in [1.807, 2.05) is 13.8 Å². The molecule has 196 valence electrons. The molecule has 37 heavy (non-hydrogen) atoms. The number of benzene rings is 2. The van der Waals surface area contributed by atoms with E-state index in [4.69, 9.17) is 36.3 Å². The zero-order chi connectivity index (χ0) is 26.9. The molecular weight excluding hydrogens is 501 g/mol. The van der Waals surface area contributed by atoms with Crippen LogP contribution in [0.4, 0.5) is 4.39 Å². The number of rotatable bonds is 7. The molecule has 0 unspecified atom stereocenters. The second kappa shape index (κ2) is 10.5. The summed E-state index contributed by atoms with van der Waals surface area (Å²) in [6, 6.07) is 9.14. The molecule has 0 amide bonds. The molecule has 0 fully saturated rings. The summed E-state index contributed by atoms with van der Waals surface area (Å²) in [6.07, 6.45) is 0.799. The maximum absolute atomic E-state index is 13.4.